The Hall–Kier alpha value is 0.415. The Morgan fingerprint density at radius 2 is 2.40 bits per heavy atom. The summed E-state index contributed by atoms with van der Waals surface area (Å²) in [7, 11) is 2.14. The maximum Gasteiger partial charge on any atom is -0.0218 e. The molecule has 0 atom stereocenters. The third-order valence-electron chi connectivity index (χ3n) is 0.333. The van der Waals surface area contributed by atoms with Gasteiger partial charge in [-0.2, -0.15) is 5.65 Å². The Bertz CT molecular complexity index is 14.4. The molecule has 0 amide bonds. The molecule has 2 radical (unpaired) electrons. The lowest BCUT2D eigenvalue weighted by Crippen LogP contribution is -1.81. The van der Waals surface area contributed by atoms with Crippen LogP contribution in [0.1, 0.15) is 0 Å². The molecule has 0 spiro atoms. The van der Waals surface area contributed by atoms with Gasteiger partial charge in [-0.15, -0.1) is 0 Å². The molecule has 0 nitrogen and oxygen atoms in total. The Morgan fingerprint density at radius 1 is 1.80 bits per heavy atom. The van der Waals surface area contributed by atoms with Crippen molar-refractivity contribution >= 4 is 19.0 Å². The fourth-order valence-electron chi connectivity index (χ4n) is 0.167. The second-order valence-electron chi connectivity index (χ2n) is 0.864. The molecule has 0 unspecified atom stereocenters. The first-order valence-corrected chi connectivity index (χ1v) is 3.08. The predicted molar refractivity (Wildman–Crippen MR) is 30.0 cm³/mol. The van der Waals surface area contributed by atoms with Crippen LogP contribution in [0.5, 0.6) is 0 Å². The van der Waals surface area contributed by atoms with Gasteiger partial charge in [0.25, 0.3) is 0 Å². The second kappa shape index (κ2) is 4.41. The molecule has 0 aromatic heterocycles. The number of hydrogen-bond acceptors (Lipinski definition) is 1. The van der Waals surface area contributed by atoms with Gasteiger partial charge in [0.1, 0.15) is 0 Å². The van der Waals surface area contributed by atoms with Crippen molar-refractivity contribution in [3.05, 3.63) is 0 Å². The lowest BCUT2D eigenvalue weighted by atomic mass is 9.87. The highest BCUT2D eigenvalue weighted by molar-refractivity contribution is 7.99. The third-order valence-corrected chi connectivity index (χ3v) is 1.000. The van der Waals surface area contributed by atoms with Crippen LogP contribution in [-0.4, -0.2) is 19.2 Å². The van der Waals surface area contributed by atoms with Crippen LogP contribution in [0.4, 0.5) is 0 Å². The highest BCUT2D eigenvalue weighted by atomic mass is 32.2. The van der Waals surface area contributed by atoms with Crippen LogP contribution in [-0.2, 0) is 0 Å². The highest BCUT2D eigenvalue weighted by Gasteiger charge is 1.52. The molecule has 0 saturated heterocycles. The van der Waals surface area contributed by atoms with Crippen molar-refractivity contribution in [1.29, 1.82) is 0 Å². The summed E-state index contributed by atoms with van der Waals surface area (Å²) in [5.74, 6) is 0. The fourth-order valence-corrected chi connectivity index (χ4v) is 0.500. The molecule has 0 bridgehead atoms. The van der Waals surface area contributed by atoms with Crippen LogP contribution in [0.3, 0.4) is 0 Å². The standard InChI is InChI=1S/C3H8BS/c1-4-3-5-2/h3H2,1-2H3/q-1. The molecule has 0 aromatic rings. The van der Waals surface area contributed by atoms with Crippen LogP contribution in [0, 0.1) is 0 Å². The molecule has 0 N–H and O–H groups in total. The molecule has 0 saturated carbocycles. The summed E-state index contributed by atoms with van der Waals surface area (Å²) in [4.78, 5) is 0. The summed E-state index contributed by atoms with van der Waals surface area (Å²) >= 11 is 1.85. The molecule has 0 heterocycles. The predicted octanol–water partition coefficient (Wildman–Crippen LogP) is 1.06. The SMILES string of the molecule is C[B-]CSC. The molecule has 5 heavy (non-hydrogen) atoms. The van der Waals surface area contributed by atoms with Crippen LogP contribution in [0.15, 0.2) is 0 Å². The van der Waals surface area contributed by atoms with Crippen molar-refractivity contribution in [2.24, 2.45) is 0 Å². The monoisotopic (exact) mass is 87.0 g/mol. The van der Waals surface area contributed by atoms with Crippen molar-refractivity contribution in [3.63, 3.8) is 0 Å². The molecule has 0 rings (SSSR count). The maximum absolute atomic E-state index is 2.14. The van der Waals surface area contributed by atoms with E-state index in [0.29, 0.717) is 0 Å². The van der Waals surface area contributed by atoms with E-state index in [1.54, 1.807) is 0 Å². The Labute approximate surface area is 38.6 Å². The van der Waals surface area contributed by atoms with E-state index in [-0.39, 0.29) is 0 Å². The van der Waals surface area contributed by atoms with E-state index in [1.165, 1.54) is 5.65 Å². The highest BCUT2D eigenvalue weighted by Crippen LogP contribution is 1.84. The summed E-state index contributed by atoms with van der Waals surface area (Å²) in [6.45, 7) is 2.07. The van der Waals surface area contributed by atoms with Crippen LogP contribution < -0.4 is 0 Å². The summed E-state index contributed by atoms with van der Waals surface area (Å²) in [5, 5.41) is 0. The van der Waals surface area contributed by atoms with Crippen molar-refractivity contribution < 1.29 is 0 Å². The Balaban J connectivity index is 2.19. The summed E-state index contributed by atoms with van der Waals surface area (Å²) in [6, 6.07) is 0. The van der Waals surface area contributed by atoms with Gasteiger partial charge in [0, 0.05) is 0 Å². The zero-order valence-corrected chi connectivity index (χ0v) is 4.51. The first-order valence-electron chi connectivity index (χ1n) is 1.68. The molecule has 30 valence electrons. The van der Waals surface area contributed by atoms with Crippen LogP contribution in [0.25, 0.3) is 0 Å². The molecule has 0 fully saturated rings. The minimum Gasteiger partial charge on any atom is -0.327 e. The third kappa shape index (κ3) is 4.41. The van der Waals surface area contributed by atoms with Gasteiger partial charge in [-0.3, -0.25) is 6.82 Å². The van der Waals surface area contributed by atoms with E-state index < -0.39 is 0 Å². The molecular weight excluding hydrogens is 78.9 g/mol. The maximum atomic E-state index is 2.14. The van der Waals surface area contributed by atoms with E-state index in [4.69, 9.17) is 0 Å². The van der Waals surface area contributed by atoms with Crippen molar-refractivity contribution in [2.45, 2.75) is 6.82 Å². The van der Waals surface area contributed by atoms with E-state index in [0.717, 1.165) is 0 Å². The zero-order valence-electron chi connectivity index (χ0n) is 3.69. The van der Waals surface area contributed by atoms with Crippen molar-refractivity contribution in [1.82, 2.24) is 0 Å². The minimum atomic E-state index is 1.18. The lowest BCUT2D eigenvalue weighted by Gasteiger charge is -1.96. The first-order chi connectivity index (χ1) is 2.41. The van der Waals surface area contributed by atoms with Gasteiger partial charge >= 0.3 is 0 Å². The first kappa shape index (κ1) is 5.41. The Kier molecular flexibility index (Phi) is 4.78. The molecule has 0 aliphatic carbocycles. The zero-order chi connectivity index (χ0) is 4.12. The van der Waals surface area contributed by atoms with Crippen molar-refractivity contribution in [2.75, 3.05) is 11.9 Å². The van der Waals surface area contributed by atoms with Gasteiger partial charge in [-0.25, -0.2) is 11.8 Å². The normalized spacial score (nSPS) is 8.40. The van der Waals surface area contributed by atoms with Gasteiger partial charge in [0.05, 0.1) is 0 Å². The van der Waals surface area contributed by atoms with Gasteiger partial charge in [-0.05, 0) is 6.26 Å². The van der Waals surface area contributed by atoms with E-state index in [9.17, 15) is 0 Å². The molecule has 0 aromatic carbocycles. The quantitative estimate of drug-likeness (QED) is 0.454. The van der Waals surface area contributed by atoms with E-state index in [2.05, 4.69) is 20.4 Å². The van der Waals surface area contributed by atoms with Gasteiger partial charge in [0.2, 0.25) is 0 Å². The van der Waals surface area contributed by atoms with Crippen LogP contribution in [0.2, 0.25) is 6.82 Å². The van der Waals surface area contributed by atoms with E-state index in [1.807, 2.05) is 11.8 Å². The number of hydrogen-bond donors (Lipinski definition) is 0. The molecular formula is C3H8BS-. The average molecular weight is 87.0 g/mol. The molecule has 0 aliphatic rings. The van der Waals surface area contributed by atoms with E-state index >= 15 is 0 Å². The topological polar surface area (TPSA) is 0 Å². The van der Waals surface area contributed by atoms with Crippen LogP contribution >= 0.6 is 11.8 Å². The summed E-state index contributed by atoms with van der Waals surface area (Å²) in [5.41, 5.74) is 1.18. The van der Waals surface area contributed by atoms with Gasteiger partial charge < -0.3 is 7.28 Å². The smallest absolute Gasteiger partial charge is 0.0218 e. The second-order valence-corrected chi connectivity index (χ2v) is 1.77. The lowest BCUT2D eigenvalue weighted by molar-refractivity contribution is 2.05. The number of thioether (sulfide) groups is 1. The largest absolute Gasteiger partial charge is 0.327 e. The fraction of sp³-hybridized carbons (Fsp3) is 1.00. The molecule has 0 aliphatic heterocycles. The summed E-state index contributed by atoms with van der Waals surface area (Å²) < 4.78 is 0. The molecule has 2 heteroatoms. The van der Waals surface area contributed by atoms with Crippen molar-refractivity contribution in [3.8, 4) is 0 Å². The Morgan fingerprint density at radius 3 is 2.40 bits per heavy atom. The average Bonchev–Trinajstić information content (AvgIpc) is 1.41. The van der Waals surface area contributed by atoms with Gasteiger partial charge in [0.15, 0.2) is 0 Å². The number of rotatable bonds is 2. The van der Waals surface area contributed by atoms with Gasteiger partial charge in [-0.1, -0.05) is 0 Å². The summed E-state index contributed by atoms with van der Waals surface area (Å²) in [6.07, 6.45) is 2.10. The minimum absolute atomic E-state index is 1.18.